The van der Waals surface area contributed by atoms with Crippen molar-refractivity contribution in [1.29, 1.82) is 0 Å². The second-order valence-electron chi connectivity index (χ2n) is 8.78. The highest BCUT2D eigenvalue weighted by Gasteiger charge is 2.46. The van der Waals surface area contributed by atoms with Crippen molar-refractivity contribution in [2.24, 2.45) is 0 Å². The molecule has 188 valence electrons. The first-order valence-electron chi connectivity index (χ1n) is 11.6. The topological polar surface area (TPSA) is 106 Å². The summed E-state index contributed by atoms with van der Waals surface area (Å²) in [6, 6.07) is 14.6. The molecule has 0 saturated carbocycles. The minimum atomic E-state index is -1.23. The zero-order valence-electron chi connectivity index (χ0n) is 20.4. The molecule has 2 aromatic carbocycles. The van der Waals surface area contributed by atoms with Crippen molar-refractivity contribution in [2.75, 3.05) is 13.7 Å². The molecular formula is C26H28FN5O4. The molecule has 1 aliphatic rings. The lowest BCUT2D eigenvalue weighted by Gasteiger charge is -2.40. The number of fused-ring (bicyclic) bond motifs is 1. The Morgan fingerprint density at radius 3 is 2.31 bits per heavy atom. The highest BCUT2D eigenvalue weighted by molar-refractivity contribution is 6.01. The van der Waals surface area contributed by atoms with Gasteiger partial charge in [-0.05, 0) is 49.2 Å². The predicted molar refractivity (Wildman–Crippen MR) is 130 cm³/mol. The van der Waals surface area contributed by atoms with Gasteiger partial charge in [0, 0.05) is 26.2 Å². The first-order valence-corrected chi connectivity index (χ1v) is 11.6. The van der Waals surface area contributed by atoms with Gasteiger partial charge in [0.1, 0.15) is 22.8 Å². The molecule has 1 aromatic heterocycles. The van der Waals surface area contributed by atoms with Crippen LogP contribution in [0.5, 0.6) is 5.75 Å². The Morgan fingerprint density at radius 2 is 1.67 bits per heavy atom. The molecule has 1 unspecified atom stereocenters. The number of nitrogens with one attached hydrogen (secondary N) is 2. The Balaban J connectivity index is 1.43. The molecular weight excluding hydrogens is 465 g/mol. The molecule has 1 aliphatic heterocycles. The van der Waals surface area contributed by atoms with Gasteiger partial charge in [-0.3, -0.25) is 19.1 Å². The predicted octanol–water partition coefficient (Wildman–Crippen LogP) is 2.51. The normalized spacial score (nSPS) is 16.9. The van der Waals surface area contributed by atoms with Gasteiger partial charge in [-0.2, -0.15) is 5.10 Å². The van der Waals surface area contributed by atoms with Crippen LogP contribution in [0.1, 0.15) is 46.0 Å². The fourth-order valence-electron chi connectivity index (χ4n) is 3.96. The largest absolute Gasteiger partial charge is 0.494 e. The molecule has 0 saturated heterocycles. The van der Waals surface area contributed by atoms with Gasteiger partial charge in [0.2, 0.25) is 5.91 Å². The smallest absolute Gasteiger partial charge is 0.272 e. The van der Waals surface area contributed by atoms with E-state index in [1.807, 2.05) is 31.2 Å². The van der Waals surface area contributed by atoms with E-state index in [9.17, 15) is 18.8 Å². The van der Waals surface area contributed by atoms with Crippen LogP contribution in [-0.2, 0) is 24.4 Å². The van der Waals surface area contributed by atoms with Gasteiger partial charge in [0.15, 0.2) is 5.69 Å². The molecule has 0 aliphatic carbocycles. The second kappa shape index (κ2) is 10.2. The standard InChI is InChI=1S/C26H28FN5O4/c1-4-36-20-11-7-18(8-12-20)14-28-23(33)21-13-22-24(34)31(3)26(2,16-32(22)30-21)25(35)29-15-17-5-9-19(27)10-6-17/h5-13H,4,14-16H2,1-3H3,(H,28,33)(H,29,35). The van der Waals surface area contributed by atoms with Crippen LogP contribution in [-0.4, -0.2) is 51.6 Å². The van der Waals surface area contributed by atoms with E-state index >= 15 is 0 Å². The third-order valence-electron chi connectivity index (χ3n) is 6.28. The molecule has 1 atom stereocenters. The van der Waals surface area contributed by atoms with Crippen LogP contribution in [0.4, 0.5) is 4.39 Å². The summed E-state index contributed by atoms with van der Waals surface area (Å²) >= 11 is 0. The molecule has 0 bridgehead atoms. The van der Waals surface area contributed by atoms with Crippen LogP contribution in [0.2, 0.25) is 0 Å². The average molecular weight is 494 g/mol. The minimum Gasteiger partial charge on any atom is -0.494 e. The maximum absolute atomic E-state index is 13.1. The van der Waals surface area contributed by atoms with Crippen molar-refractivity contribution < 1.29 is 23.5 Å². The lowest BCUT2D eigenvalue weighted by Crippen LogP contribution is -2.62. The Bertz CT molecular complexity index is 1270. The third kappa shape index (κ3) is 5.07. The molecule has 0 fully saturated rings. The maximum Gasteiger partial charge on any atom is 0.272 e. The number of nitrogens with zero attached hydrogens (tertiary/aromatic N) is 3. The summed E-state index contributed by atoms with van der Waals surface area (Å²) in [7, 11) is 1.54. The van der Waals surface area contributed by atoms with Crippen molar-refractivity contribution >= 4 is 17.7 Å². The van der Waals surface area contributed by atoms with Crippen molar-refractivity contribution in [3.63, 3.8) is 0 Å². The van der Waals surface area contributed by atoms with Crippen LogP contribution in [0.25, 0.3) is 0 Å². The number of carbonyl (C=O) groups excluding carboxylic acids is 3. The number of ether oxygens (including phenoxy) is 1. The lowest BCUT2D eigenvalue weighted by molar-refractivity contribution is -0.132. The Kier molecular flexibility index (Phi) is 7.05. The van der Waals surface area contributed by atoms with E-state index in [4.69, 9.17) is 4.74 Å². The van der Waals surface area contributed by atoms with Gasteiger partial charge in [0.05, 0.1) is 13.2 Å². The second-order valence-corrected chi connectivity index (χ2v) is 8.78. The van der Waals surface area contributed by atoms with Crippen molar-refractivity contribution in [1.82, 2.24) is 25.3 Å². The number of aromatic nitrogens is 2. The zero-order valence-corrected chi connectivity index (χ0v) is 20.4. The van der Waals surface area contributed by atoms with E-state index in [0.717, 1.165) is 16.9 Å². The monoisotopic (exact) mass is 493 g/mol. The number of hydrogen-bond donors (Lipinski definition) is 2. The molecule has 9 nitrogen and oxygen atoms in total. The molecule has 2 heterocycles. The number of likely N-dealkylation sites (N-methyl/N-ethyl adjacent to an activating group) is 1. The number of benzene rings is 2. The first kappa shape index (κ1) is 24.9. The van der Waals surface area contributed by atoms with Crippen LogP contribution in [0.3, 0.4) is 0 Å². The van der Waals surface area contributed by atoms with E-state index in [1.54, 1.807) is 26.1 Å². The van der Waals surface area contributed by atoms with E-state index in [1.165, 1.54) is 27.8 Å². The summed E-state index contributed by atoms with van der Waals surface area (Å²) < 4.78 is 19.9. The van der Waals surface area contributed by atoms with Gasteiger partial charge in [-0.25, -0.2) is 4.39 Å². The number of hydrogen-bond acceptors (Lipinski definition) is 5. The molecule has 2 N–H and O–H groups in total. The van der Waals surface area contributed by atoms with Gasteiger partial charge >= 0.3 is 0 Å². The SMILES string of the molecule is CCOc1ccc(CNC(=O)c2cc3n(n2)CC(C)(C(=O)NCc2ccc(F)cc2)N(C)C3=O)cc1. The number of halogens is 1. The summed E-state index contributed by atoms with van der Waals surface area (Å²) in [6.07, 6.45) is 0. The molecule has 4 rings (SSSR count). The van der Waals surface area contributed by atoms with E-state index < -0.39 is 17.4 Å². The Labute approximate surface area is 208 Å². The summed E-state index contributed by atoms with van der Waals surface area (Å²) in [6.45, 7) is 4.66. The first-order chi connectivity index (χ1) is 17.2. The fraction of sp³-hybridized carbons (Fsp3) is 0.308. The third-order valence-corrected chi connectivity index (χ3v) is 6.28. The highest BCUT2D eigenvalue weighted by Crippen LogP contribution is 2.26. The van der Waals surface area contributed by atoms with E-state index in [2.05, 4.69) is 15.7 Å². The van der Waals surface area contributed by atoms with Gasteiger partial charge < -0.3 is 20.3 Å². The molecule has 0 radical (unpaired) electrons. The number of amides is 3. The highest BCUT2D eigenvalue weighted by atomic mass is 19.1. The fourth-order valence-corrected chi connectivity index (χ4v) is 3.96. The van der Waals surface area contributed by atoms with Gasteiger partial charge in [-0.1, -0.05) is 24.3 Å². The molecule has 3 amide bonds. The molecule has 0 spiro atoms. The van der Waals surface area contributed by atoms with Crippen molar-refractivity contribution in [3.05, 3.63) is 82.9 Å². The summed E-state index contributed by atoms with van der Waals surface area (Å²) in [5, 5.41) is 9.91. The quantitative estimate of drug-likeness (QED) is 0.502. The summed E-state index contributed by atoms with van der Waals surface area (Å²) in [5.74, 6) is -0.838. The van der Waals surface area contributed by atoms with Crippen molar-refractivity contribution in [3.8, 4) is 5.75 Å². The van der Waals surface area contributed by atoms with E-state index in [-0.39, 0.29) is 42.7 Å². The van der Waals surface area contributed by atoms with E-state index in [0.29, 0.717) is 6.61 Å². The van der Waals surface area contributed by atoms with Gasteiger partial charge in [-0.15, -0.1) is 0 Å². The lowest BCUT2D eigenvalue weighted by atomic mass is 9.96. The Morgan fingerprint density at radius 1 is 1.06 bits per heavy atom. The summed E-state index contributed by atoms with van der Waals surface area (Å²) in [5.41, 5.74) is 0.703. The van der Waals surface area contributed by atoms with Crippen LogP contribution in [0, 0.1) is 5.82 Å². The maximum atomic E-state index is 13.1. The summed E-state index contributed by atoms with van der Waals surface area (Å²) in [4.78, 5) is 40.2. The minimum absolute atomic E-state index is 0.0754. The van der Waals surface area contributed by atoms with Gasteiger partial charge in [0.25, 0.3) is 11.8 Å². The van der Waals surface area contributed by atoms with Crippen LogP contribution >= 0.6 is 0 Å². The molecule has 10 heteroatoms. The van der Waals surface area contributed by atoms with Crippen molar-refractivity contribution in [2.45, 2.75) is 39.0 Å². The molecule has 3 aromatic rings. The number of carbonyl (C=O) groups is 3. The Hall–Kier alpha value is -4.21. The molecule has 36 heavy (non-hydrogen) atoms. The van der Waals surface area contributed by atoms with Crippen LogP contribution < -0.4 is 15.4 Å². The van der Waals surface area contributed by atoms with Crippen LogP contribution in [0.15, 0.2) is 54.6 Å². The average Bonchev–Trinajstić information content (AvgIpc) is 3.30. The zero-order chi connectivity index (χ0) is 25.9. The number of rotatable bonds is 8.